The van der Waals surface area contributed by atoms with E-state index < -0.39 is 5.41 Å². The van der Waals surface area contributed by atoms with Crippen molar-refractivity contribution in [3.8, 4) is 5.75 Å². The molecule has 1 aromatic rings. The Bertz CT molecular complexity index is 512. The Labute approximate surface area is 134 Å². The van der Waals surface area contributed by atoms with E-state index in [9.17, 15) is 4.79 Å². The molecule has 1 aliphatic rings. The Kier molecular flexibility index (Phi) is 5.27. The van der Waals surface area contributed by atoms with E-state index in [1.165, 1.54) is 20.0 Å². The molecule has 0 aromatic heterocycles. The first-order valence-corrected chi connectivity index (χ1v) is 7.95. The molecule has 0 atom stereocenters. The molecule has 1 saturated carbocycles. The number of rotatable bonds is 7. The van der Waals surface area contributed by atoms with Gasteiger partial charge in [-0.25, -0.2) is 0 Å². The van der Waals surface area contributed by atoms with E-state index in [4.69, 9.17) is 9.47 Å². The summed E-state index contributed by atoms with van der Waals surface area (Å²) in [7, 11) is 1.40. The van der Waals surface area contributed by atoms with Gasteiger partial charge in [-0.2, -0.15) is 0 Å². The van der Waals surface area contributed by atoms with Gasteiger partial charge in [0.2, 0.25) is 0 Å². The van der Waals surface area contributed by atoms with Crippen molar-refractivity contribution in [2.45, 2.75) is 39.3 Å². The van der Waals surface area contributed by atoms with Crippen LogP contribution in [0, 0.1) is 5.41 Å². The molecule has 4 nitrogen and oxygen atoms in total. The van der Waals surface area contributed by atoms with Crippen molar-refractivity contribution in [2.75, 3.05) is 13.7 Å². The highest BCUT2D eigenvalue weighted by Gasteiger charge is 2.30. The van der Waals surface area contributed by atoms with Gasteiger partial charge in [-0.3, -0.25) is 4.79 Å². The van der Waals surface area contributed by atoms with Gasteiger partial charge in [0.15, 0.2) is 0 Å². The van der Waals surface area contributed by atoms with Crippen LogP contribution < -0.4 is 10.1 Å². The molecule has 0 amide bonds. The Balaban J connectivity index is 2.05. The predicted octanol–water partition coefficient (Wildman–Crippen LogP) is 3.28. The summed E-state index contributed by atoms with van der Waals surface area (Å²) < 4.78 is 11.6. The van der Waals surface area contributed by atoms with Crippen LogP contribution >= 0.6 is 15.9 Å². The van der Waals surface area contributed by atoms with Crippen molar-refractivity contribution in [2.24, 2.45) is 5.41 Å². The third kappa shape index (κ3) is 4.45. The van der Waals surface area contributed by atoms with Crippen LogP contribution in [-0.2, 0) is 16.1 Å². The molecule has 0 saturated heterocycles. The molecule has 1 aromatic carbocycles. The number of carbonyl (C=O) groups excluding carboxylic acids is 1. The molecular weight excluding hydrogens is 334 g/mol. The summed E-state index contributed by atoms with van der Waals surface area (Å²) in [6.07, 6.45) is 2.50. The maximum absolute atomic E-state index is 11.7. The molecular formula is C16H22BrNO3. The molecule has 0 spiro atoms. The van der Waals surface area contributed by atoms with Crippen LogP contribution in [0.3, 0.4) is 0 Å². The van der Waals surface area contributed by atoms with Crippen LogP contribution in [-0.4, -0.2) is 25.7 Å². The van der Waals surface area contributed by atoms with Crippen molar-refractivity contribution >= 4 is 21.9 Å². The van der Waals surface area contributed by atoms with Crippen molar-refractivity contribution in [1.82, 2.24) is 5.32 Å². The smallest absolute Gasteiger partial charge is 0.314 e. The fraction of sp³-hybridized carbons (Fsp3) is 0.562. The molecule has 5 heteroatoms. The second kappa shape index (κ2) is 6.79. The molecule has 21 heavy (non-hydrogen) atoms. The fourth-order valence-corrected chi connectivity index (χ4v) is 2.51. The summed E-state index contributed by atoms with van der Waals surface area (Å²) in [6, 6.07) is 6.62. The average molecular weight is 356 g/mol. The summed E-state index contributed by atoms with van der Waals surface area (Å²) in [5.74, 6) is 0.523. The maximum atomic E-state index is 11.7. The van der Waals surface area contributed by atoms with Crippen molar-refractivity contribution in [1.29, 1.82) is 0 Å². The zero-order valence-corrected chi connectivity index (χ0v) is 14.3. The van der Waals surface area contributed by atoms with Crippen LogP contribution in [0.15, 0.2) is 22.7 Å². The number of hydrogen-bond acceptors (Lipinski definition) is 4. The molecule has 116 valence electrons. The van der Waals surface area contributed by atoms with Crippen LogP contribution in [0.1, 0.15) is 32.3 Å². The highest BCUT2D eigenvalue weighted by molar-refractivity contribution is 9.10. The summed E-state index contributed by atoms with van der Waals surface area (Å²) >= 11 is 3.52. The normalized spacial score (nSPS) is 14.9. The number of esters is 1. The third-order valence-electron chi connectivity index (χ3n) is 3.52. The molecule has 0 aliphatic heterocycles. The second-order valence-corrected chi connectivity index (χ2v) is 6.90. The number of ether oxygens (including phenoxy) is 2. The van der Waals surface area contributed by atoms with Gasteiger partial charge in [0.1, 0.15) is 12.4 Å². The Hall–Kier alpha value is -1.07. The average Bonchev–Trinajstić information content (AvgIpc) is 3.27. The lowest BCUT2D eigenvalue weighted by Gasteiger charge is -2.23. The van der Waals surface area contributed by atoms with Crippen LogP contribution in [0.4, 0.5) is 0 Å². The van der Waals surface area contributed by atoms with Crippen molar-refractivity contribution < 1.29 is 14.3 Å². The Morgan fingerprint density at radius 3 is 2.76 bits per heavy atom. The van der Waals surface area contributed by atoms with E-state index in [1.54, 1.807) is 0 Å². The predicted molar refractivity (Wildman–Crippen MR) is 85.3 cm³/mol. The SMILES string of the molecule is COC(=O)C(C)(C)COc1c(Br)cccc1CNC1CC1. The lowest BCUT2D eigenvalue weighted by molar-refractivity contribution is -0.152. The first-order chi connectivity index (χ1) is 9.94. The van der Waals surface area contributed by atoms with E-state index in [1.807, 2.05) is 32.0 Å². The van der Waals surface area contributed by atoms with Crippen molar-refractivity contribution in [3.05, 3.63) is 28.2 Å². The molecule has 0 radical (unpaired) electrons. The van der Waals surface area contributed by atoms with E-state index in [2.05, 4.69) is 21.2 Å². The number of methoxy groups -OCH3 is 1. The maximum Gasteiger partial charge on any atom is 0.314 e. The zero-order valence-electron chi connectivity index (χ0n) is 12.7. The van der Waals surface area contributed by atoms with Gasteiger partial charge in [0.05, 0.1) is 17.0 Å². The highest BCUT2D eigenvalue weighted by atomic mass is 79.9. The third-order valence-corrected chi connectivity index (χ3v) is 4.15. The second-order valence-electron chi connectivity index (χ2n) is 6.05. The van der Waals surface area contributed by atoms with Gasteiger partial charge < -0.3 is 14.8 Å². The van der Waals surface area contributed by atoms with E-state index in [0.717, 1.165) is 22.3 Å². The number of halogens is 1. The molecule has 0 bridgehead atoms. The Morgan fingerprint density at radius 2 is 2.14 bits per heavy atom. The lowest BCUT2D eigenvalue weighted by Crippen LogP contribution is -2.32. The number of nitrogens with one attached hydrogen (secondary N) is 1. The van der Waals surface area contributed by atoms with Crippen molar-refractivity contribution in [3.63, 3.8) is 0 Å². The van der Waals surface area contributed by atoms with Gasteiger partial charge in [0.25, 0.3) is 0 Å². The van der Waals surface area contributed by atoms with Gasteiger partial charge in [-0.05, 0) is 48.7 Å². The fourth-order valence-electron chi connectivity index (χ4n) is 1.98. The minimum atomic E-state index is -0.675. The largest absolute Gasteiger partial charge is 0.491 e. The van der Waals surface area contributed by atoms with Gasteiger partial charge >= 0.3 is 5.97 Å². The number of carbonyl (C=O) groups is 1. The summed E-state index contributed by atoms with van der Waals surface area (Å²) in [5, 5.41) is 3.48. The molecule has 0 unspecified atom stereocenters. The molecule has 1 fully saturated rings. The topological polar surface area (TPSA) is 47.6 Å². The molecule has 1 aliphatic carbocycles. The van der Waals surface area contributed by atoms with Crippen LogP contribution in [0.25, 0.3) is 0 Å². The van der Waals surface area contributed by atoms with Gasteiger partial charge in [-0.1, -0.05) is 12.1 Å². The van der Waals surface area contributed by atoms with Crippen LogP contribution in [0.5, 0.6) is 5.75 Å². The summed E-state index contributed by atoms with van der Waals surface area (Å²) in [4.78, 5) is 11.7. The molecule has 2 rings (SSSR count). The summed E-state index contributed by atoms with van der Waals surface area (Å²) in [5.41, 5.74) is 0.419. The number of para-hydroxylation sites is 1. The first-order valence-electron chi connectivity index (χ1n) is 7.16. The Morgan fingerprint density at radius 1 is 1.43 bits per heavy atom. The minimum Gasteiger partial charge on any atom is -0.491 e. The highest BCUT2D eigenvalue weighted by Crippen LogP contribution is 2.31. The zero-order chi connectivity index (χ0) is 15.5. The quantitative estimate of drug-likeness (QED) is 0.762. The van der Waals surface area contributed by atoms with E-state index in [-0.39, 0.29) is 12.6 Å². The lowest BCUT2D eigenvalue weighted by atomic mass is 9.95. The standard InChI is InChI=1S/C16H22BrNO3/c1-16(2,15(19)20-3)10-21-14-11(5-4-6-13(14)17)9-18-12-7-8-12/h4-6,12,18H,7-10H2,1-3H3. The minimum absolute atomic E-state index is 0.271. The molecule has 0 heterocycles. The summed E-state index contributed by atoms with van der Waals surface area (Å²) in [6.45, 7) is 4.69. The van der Waals surface area contributed by atoms with E-state index >= 15 is 0 Å². The first kappa shape index (κ1) is 16.3. The van der Waals surface area contributed by atoms with Crippen LogP contribution in [0.2, 0.25) is 0 Å². The van der Waals surface area contributed by atoms with Gasteiger partial charge in [-0.15, -0.1) is 0 Å². The molecule has 1 N–H and O–H groups in total. The van der Waals surface area contributed by atoms with E-state index in [0.29, 0.717) is 6.04 Å². The monoisotopic (exact) mass is 355 g/mol. The number of hydrogen-bond donors (Lipinski definition) is 1. The van der Waals surface area contributed by atoms with Gasteiger partial charge in [0, 0.05) is 18.2 Å². The number of benzene rings is 1.